The molecule has 1 aliphatic heterocycles. The lowest BCUT2D eigenvalue weighted by Gasteiger charge is -2.13. The second-order valence-corrected chi connectivity index (χ2v) is 7.54. The van der Waals surface area contributed by atoms with Crippen LogP contribution >= 0.6 is 15.9 Å². The fourth-order valence-corrected chi connectivity index (χ4v) is 3.44. The Labute approximate surface area is 192 Å². The van der Waals surface area contributed by atoms with Crippen molar-refractivity contribution < 1.29 is 28.7 Å². The zero-order valence-electron chi connectivity index (χ0n) is 17.5. The molecule has 0 saturated heterocycles. The van der Waals surface area contributed by atoms with Crippen LogP contribution in [0.25, 0.3) is 6.08 Å². The van der Waals surface area contributed by atoms with E-state index in [4.69, 9.17) is 14.2 Å². The molecule has 2 aromatic rings. The molecule has 166 valence electrons. The van der Waals surface area contributed by atoms with Gasteiger partial charge in [-0.15, -0.1) is 0 Å². The Hall–Kier alpha value is -3.53. The number of hydrogen-bond donors (Lipinski definition) is 0. The van der Waals surface area contributed by atoms with Crippen molar-refractivity contribution in [3.05, 3.63) is 67.3 Å². The van der Waals surface area contributed by atoms with Crippen molar-refractivity contribution in [3.63, 3.8) is 0 Å². The molecular weight excluding hydrogens is 484 g/mol. The van der Waals surface area contributed by atoms with Gasteiger partial charge in [0.2, 0.25) is 5.90 Å². The van der Waals surface area contributed by atoms with Gasteiger partial charge in [0.05, 0.1) is 16.0 Å². The Kier molecular flexibility index (Phi) is 7.04. The molecule has 0 unspecified atom stereocenters. The third kappa shape index (κ3) is 5.02. The first kappa shape index (κ1) is 23.1. The summed E-state index contributed by atoms with van der Waals surface area (Å²) in [5.74, 6) is -0.439. The molecule has 0 N–H and O–H groups in total. The molecule has 9 nitrogen and oxygen atoms in total. The van der Waals surface area contributed by atoms with Gasteiger partial charge in [-0.3, -0.25) is 14.9 Å². The number of halogens is 1. The SMILES string of the molecule is CCOc1cc(/C=C2\N=C(c3ccc([N+](=O)[O-])c(C)c3)OC2=O)cc(Br)c1OC(=O)CC. The quantitative estimate of drug-likeness (QED) is 0.176. The normalized spacial score (nSPS) is 14.2. The summed E-state index contributed by atoms with van der Waals surface area (Å²) in [6.07, 6.45) is 1.71. The van der Waals surface area contributed by atoms with Crippen molar-refractivity contribution in [2.75, 3.05) is 6.61 Å². The van der Waals surface area contributed by atoms with Crippen LogP contribution in [0.3, 0.4) is 0 Å². The highest BCUT2D eigenvalue weighted by atomic mass is 79.9. The lowest BCUT2D eigenvalue weighted by atomic mass is 10.1. The third-order valence-corrected chi connectivity index (χ3v) is 4.99. The van der Waals surface area contributed by atoms with E-state index in [0.29, 0.717) is 33.5 Å². The van der Waals surface area contributed by atoms with E-state index in [1.165, 1.54) is 24.3 Å². The van der Waals surface area contributed by atoms with E-state index in [9.17, 15) is 19.7 Å². The summed E-state index contributed by atoms with van der Waals surface area (Å²) in [5.41, 5.74) is 1.44. The van der Waals surface area contributed by atoms with E-state index in [0.717, 1.165) is 0 Å². The molecule has 1 aliphatic rings. The number of cyclic esters (lactones) is 1. The van der Waals surface area contributed by atoms with Crippen LogP contribution in [-0.2, 0) is 14.3 Å². The lowest BCUT2D eigenvalue weighted by molar-refractivity contribution is -0.385. The number of carbonyl (C=O) groups is 2. The van der Waals surface area contributed by atoms with Gasteiger partial charge in [-0.25, -0.2) is 9.79 Å². The van der Waals surface area contributed by atoms with Crippen molar-refractivity contribution in [1.82, 2.24) is 0 Å². The molecule has 1 heterocycles. The number of carbonyl (C=O) groups excluding carboxylic acids is 2. The fraction of sp³-hybridized carbons (Fsp3) is 0.227. The van der Waals surface area contributed by atoms with Crippen molar-refractivity contribution in [1.29, 1.82) is 0 Å². The molecule has 0 spiro atoms. The minimum absolute atomic E-state index is 0.0355. The average molecular weight is 503 g/mol. The van der Waals surface area contributed by atoms with E-state index < -0.39 is 16.9 Å². The number of ether oxygens (including phenoxy) is 3. The number of aryl methyl sites for hydroxylation is 1. The Balaban J connectivity index is 1.96. The summed E-state index contributed by atoms with van der Waals surface area (Å²) in [6.45, 7) is 5.41. The van der Waals surface area contributed by atoms with Crippen LogP contribution in [0.2, 0.25) is 0 Å². The van der Waals surface area contributed by atoms with Gasteiger partial charge in [-0.1, -0.05) is 6.92 Å². The number of rotatable bonds is 7. The molecule has 0 saturated carbocycles. The summed E-state index contributed by atoms with van der Waals surface area (Å²) in [6, 6.07) is 7.63. The highest BCUT2D eigenvalue weighted by molar-refractivity contribution is 9.10. The van der Waals surface area contributed by atoms with Gasteiger partial charge in [0.1, 0.15) is 0 Å². The second kappa shape index (κ2) is 9.73. The molecule has 0 fully saturated rings. The maximum Gasteiger partial charge on any atom is 0.363 e. The third-order valence-electron chi connectivity index (χ3n) is 4.40. The maximum atomic E-state index is 12.3. The molecule has 0 atom stereocenters. The fourth-order valence-electron chi connectivity index (χ4n) is 2.90. The second-order valence-electron chi connectivity index (χ2n) is 6.69. The number of hydrogen-bond acceptors (Lipinski definition) is 8. The highest BCUT2D eigenvalue weighted by Gasteiger charge is 2.26. The van der Waals surface area contributed by atoms with Crippen molar-refractivity contribution >= 4 is 45.5 Å². The highest BCUT2D eigenvalue weighted by Crippen LogP contribution is 2.38. The van der Waals surface area contributed by atoms with Gasteiger partial charge in [-0.05, 0) is 65.7 Å². The number of aliphatic imine (C=N–C) groups is 1. The van der Waals surface area contributed by atoms with Crippen molar-refractivity contribution in [2.24, 2.45) is 4.99 Å². The van der Waals surface area contributed by atoms with Crippen LogP contribution < -0.4 is 9.47 Å². The molecule has 3 rings (SSSR count). The zero-order valence-corrected chi connectivity index (χ0v) is 19.1. The molecule has 32 heavy (non-hydrogen) atoms. The molecule has 10 heteroatoms. The minimum Gasteiger partial charge on any atom is -0.490 e. The zero-order chi connectivity index (χ0) is 23.4. The van der Waals surface area contributed by atoms with E-state index in [1.54, 1.807) is 32.9 Å². The van der Waals surface area contributed by atoms with E-state index in [1.807, 2.05) is 0 Å². The molecule has 2 aromatic carbocycles. The summed E-state index contributed by atoms with van der Waals surface area (Å²) in [5, 5.41) is 11.0. The smallest absolute Gasteiger partial charge is 0.363 e. The van der Waals surface area contributed by atoms with Crippen molar-refractivity contribution in [2.45, 2.75) is 27.2 Å². The summed E-state index contributed by atoms with van der Waals surface area (Å²) in [4.78, 5) is 38.8. The number of nitro benzene ring substituents is 1. The molecule has 0 aromatic heterocycles. The van der Waals surface area contributed by atoms with Crippen LogP contribution in [0.5, 0.6) is 11.5 Å². The summed E-state index contributed by atoms with van der Waals surface area (Å²) in [7, 11) is 0. The van der Waals surface area contributed by atoms with E-state index >= 15 is 0 Å². The first-order valence-electron chi connectivity index (χ1n) is 9.68. The predicted octanol–water partition coefficient (Wildman–Crippen LogP) is 4.72. The van der Waals surface area contributed by atoms with Gasteiger partial charge in [0.15, 0.2) is 17.2 Å². The Morgan fingerprint density at radius 2 is 2.03 bits per heavy atom. The molecule has 0 radical (unpaired) electrons. The standard InChI is InChI=1S/C22H19BrN2O7/c1-4-19(26)31-20-15(23)9-13(11-18(20)30-5-2)10-16-22(27)32-21(24-16)14-6-7-17(25(28)29)12(3)8-14/h6-11H,4-5H2,1-3H3/b16-10-. The largest absolute Gasteiger partial charge is 0.490 e. The minimum atomic E-state index is -0.661. The number of nitrogens with zero attached hydrogens (tertiary/aromatic N) is 2. The first-order chi connectivity index (χ1) is 15.2. The summed E-state index contributed by atoms with van der Waals surface area (Å²) >= 11 is 3.37. The first-order valence-corrected chi connectivity index (χ1v) is 10.5. The Morgan fingerprint density at radius 1 is 1.28 bits per heavy atom. The lowest BCUT2D eigenvalue weighted by Crippen LogP contribution is -2.08. The van der Waals surface area contributed by atoms with Gasteiger partial charge in [0.25, 0.3) is 5.69 Å². The topological polar surface area (TPSA) is 117 Å². The molecule has 0 aliphatic carbocycles. The van der Waals surface area contributed by atoms with Gasteiger partial charge in [0, 0.05) is 23.6 Å². The van der Waals surface area contributed by atoms with E-state index in [-0.39, 0.29) is 29.5 Å². The average Bonchev–Trinajstić information content (AvgIpc) is 3.10. The number of benzene rings is 2. The van der Waals surface area contributed by atoms with Gasteiger partial charge >= 0.3 is 11.9 Å². The number of nitro groups is 1. The van der Waals surface area contributed by atoms with Gasteiger partial charge in [-0.2, -0.15) is 0 Å². The molecule has 0 bridgehead atoms. The van der Waals surface area contributed by atoms with Crippen LogP contribution in [0.4, 0.5) is 5.69 Å². The van der Waals surface area contributed by atoms with Crippen LogP contribution in [0.15, 0.2) is 45.5 Å². The van der Waals surface area contributed by atoms with Crippen LogP contribution in [0, 0.1) is 17.0 Å². The summed E-state index contributed by atoms with van der Waals surface area (Å²) < 4.78 is 16.6. The van der Waals surface area contributed by atoms with Crippen molar-refractivity contribution in [3.8, 4) is 11.5 Å². The van der Waals surface area contributed by atoms with Crippen LogP contribution in [0.1, 0.15) is 37.0 Å². The molecule has 0 amide bonds. The molecular formula is C22H19BrN2O7. The Bertz CT molecular complexity index is 1170. The Morgan fingerprint density at radius 3 is 2.66 bits per heavy atom. The number of esters is 2. The monoisotopic (exact) mass is 502 g/mol. The predicted molar refractivity (Wildman–Crippen MR) is 120 cm³/mol. The maximum absolute atomic E-state index is 12.3. The van der Waals surface area contributed by atoms with Crippen LogP contribution in [-0.4, -0.2) is 29.4 Å². The van der Waals surface area contributed by atoms with Gasteiger partial charge < -0.3 is 14.2 Å². The van der Waals surface area contributed by atoms with E-state index in [2.05, 4.69) is 20.9 Å².